The minimum atomic E-state index is -4.96. The van der Waals surface area contributed by atoms with Crippen LogP contribution in [0.5, 0.6) is 0 Å². The Morgan fingerprint density at radius 2 is 0.568 bits per heavy atom. The summed E-state index contributed by atoms with van der Waals surface area (Å²) < 4.78 is 68.2. The molecular formula is C76H144O17P2. The van der Waals surface area contributed by atoms with Crippen molar-refractivity contribution in [1.29, 1.82) is 0 Å². The van der Waals surface area contributed by atoms with E-state index in [9.17, 15) is 43.2 Å². The number of hydrogen-bond acceptors (Lipinski definition) is 15. The summed E-state index contributed by atoms with van der Waals surface area (Å²) in [5.74, 6) is -1.34. The Morgan fingerprint density at radius 1 is 0.326 bits per heavy atom. The van der Waals surface area contributed by atoms with Gasteiger partial charge in [0.05, 0.1) is 26.4 Å². The highest BCUT2D eigenvalue weighted by Crippen LogP contribution is 2.45. The zero-order valence-electron chi connectivity index (χ0n) is 61.3. The number of unbranched alkanes of at least 4 members (excludes halogenated alkanes) is 43. The quantitative estimate of drug-likeness (QED) is 0.0169. The van der Waals surface area contributed by atoms with Crippen LogP contribution >= 0.6 is 15.6 Å². The molecule has 3 N–H and O–H groups in total. The molecule has 0 spiro atoms. The van der Waals surface area contributed by atoms with Crippen LogP contribution in [0.3, 0.4) is 0 Å². The summed E-state index contributed by atoms with van der Waals surface area (Å²) in [5.41, 5.74) is 0. The van der Waals surface area contributed by atoms with Crippen LogP contribution in [-0.4, -0.2) is 96.7 Å². The minimum Gasteiger partial charge on any atom is -0.462 e. The summed E-state index contributed by atoms with van der Waals surface area (Å²) in [6.45, 7) is 7.17. The van der Waals surface area contributed by atoms with E-state index in [1.54, 1.807) is 0 Å². The highest BCUT2D eigenvalue weighted by atomic mass is 31.2. The summed E-state index contributed by atoms with van der Waals surface area (Å²) in [4.78, 5) is 72.5. The van der Waals surface area contributed by atoms with Crippen LogP contribution < -0.4 is 0 Å². The molecule has 2 unspecified atom stereocenters. The maximum atomic E-state index is 13.1. The third-order valence-electron chi connectivity index (χ3n) is 17.2. The van der Waals surface area contributed by atoms with Crippen molar-refractivity contribution in [2.45, 2.75) is 393 Å². The molecule has 0 fully saturated rings. The van der Waals surface area contributed by atoms with E-state index >= 15 is 0 Å². The zero-order valence-corrected chi connectivity index (χ0v) is 63.1. The molecule has 0 heterocycles. The van der Waals surface area contributed by atoms with E-state index in [0.29, 0.717) is 25.7 Å². The van der Waals surface area contributed by atoms with Gasteiger partial charge in [-0.15, -0.1) is 0 Å². The lowest BCUT2D eigenvalue weighted by molar-refractivity contribution is -0.161. The van der Waals surface area contributed by atoms with Crippen molar-refractivity contribution < 1.29 is 80.2 Å². The van der Waals surface area contributed by atoms with Gasteiger partial charge in [-0.3, -0.25) is 37.3 Å². The lowest BCUT2D eigenvalue weighted by Gasteiger charge is -2.21. The van der Waals surface area contributed by atoms with Gasteiger partial charge in [0.1, 0.15) is 19.3 Å². The summed E-state index contributed by atoms with van der Waals surface area (Å²) in [5, 5.41) is 10.6. The average molecular weight is 1390 g/mol. The van der Waals surface area contributed by atoms with Gasteiger partial charge < -0.3 is 33.8 Å². The molecule has 17 nitrogen and oxygen atoms in total. The van der Waals surface area contributed by atoms with Gasteiger partial charge in [0.15, 0.2) is 12.2 Å². The molecule has 0 radical (unpaired) electrons. The average Bonchev–Trinajstić information content (AvgIpc) is 3.09. The first-order valence-electron chi connectivity index (χ1n) is 39.0. The van der Waals surface area contributed by atoms with Crippen LogP contribution in [0.25, 0.3) is 0 Å². The van der Waals surface area contributed by atoms with Crippen LogP contribution in [0.1, 0.15) is 375 Å². The number of rotatable bonds is 74. The monoisotopic (exact) mass is 1390 g/mol. The van der Waals surface area contributed by atoms with Crippen LogP contribution in [-0.2, 0) is 65.4 Å². The third-order valence-corrected chi connectivity index (χ3v) is 19.1. The van der Waals surface area contributed by atoms with E-state index < -0.39 is 97.5 Å². The van der Waals surface area contributed by atoms with Gasteiger partial charge in [0, 0.05) is 25.7 Å². The van der Waals surface area contributed by atoms with E-state index in [4.69, 9.17) is 37.0 Å². The predicted molar refractivity (Wildman–Crippen MR) is 386 cm³/mol. The first kappa shape index (κ1) is 92.5. The van der Waals surface area contributed by atoms with Crippen molar-refractivity contribution in [3.63, 3.8) is 0 Å². The number of ether oxygens (including phenoxy) is 4. The number of allylic oxidation sites excluding steroid dienone is 4. The molecular weight excluding hydrogens is 1250 g/mol. The topological polar surface area (TPSA) is 237 Å². The van der Waals surface area contributed by atoms with Gasteiger partial charge in [-0.2, -0.15) is 0 Å². The maximum Gasteiger partial charge on any atom is 0.472 e. The van der Waals surface area contributed by atoms with Gasteiger partial charge >= 0.3 is 39.5 Å². The molecule has 95 heavy (non-hydrogen) atoms. The van der Waals surface area contributed by atoms with Crippen molar-refractivity contribution in [3.8, 4) is 0 Å². The highest BCUT2D eigenvalue weighted by molar-refractivity contribution is 7.47. The fourth-order valence-corrected chi connectivity index (χ4v) is 12.7. The van der Waals surface area contributed by atoms with Gasteiger partial charge in [0.25, 0.3) is 0 Å². The molecule has 0 saturated heterocycles. The fourth-order valence-electron chi connectivity index (χ4n) is 11.2. The Bertz CT molecular complexity index is 1920. The predicted octanol–water partition coefficient (Wildman–Crippen LogP) is 22.0. The second kappa shape index (κ2) is 68.7. The van der Waals surface area contributed by atoms with Crippen molar-refractivity contribution >= 4 is 39.5 Å². The number of phosphoric acid groups is 2. The molecule has 0 amide bonds. The van der Waals surface area contributed by atoms with E-state index in [2.05, 4.69) is 58.9 Å². The van der Waals surface area contributed by atoms with Crippen LogP contribution in [0.4, 0.5) is 0 Å². The summed E-state index contributed by atoms with van der Waals surface area (Å²) in [7, 11) is -9.91. The molecule has 0 aromatic rings. The summed E-state index contributed by atoms with van der Waals surface area (Å²) in [6.07, 6.45) is 60.9. The number of hydrogen-bond donors (Lipinski definition) is 3. The number of aliphatic hydroxyl groups is 1. The van der Waals surface area contributed by atoms with E-state index in [0.717, 1.165) is 121 Å². The van der Waals surface area contributed by atoms with Gasteiger partial charge in [-0.05, 0) is 57.3 Å². The van der Waals surface area contributed by atoms with Gasteiger partial charge in [-0.25, -0.2) is 9.13 Å². The van der Waals surface area contributed by atoms with E-state index in [-0.39, 0.29) is 25.7 Å². The van der Waals surface area contributed by atoms with Crippen LogP contribution in [0.2, 0.25) is 0 Å². The number of carbonyl (C=O) groups excluding carboxylic acids is 4. The van der Waals surface area contributed by atoms with Gasteiger partial charge in [0.2, 0.25) is 0 Å². The molecule has 0 aliphatic rings. The Kier molecular flexibility index (Phi) is 66.9. The van der Waals surface area contributed by atoms with Crippen molar-refractivity contribution in [1.82, 2.24) is 0 Å². The van der Waals surface area contributed by atoms with Gasteiger partial charge in [-0.1, -0.05) is 322 Å². The molecule has 0 aliphatic carbocycles. The first-order chi connectivity index (χ1) is 46.0. The molecule has 19 heteroatoms. The van der Waals surface area contributed by atoms with Crippen molar-refractivity contribution in [2.24, 2.45) is 5.92 Å². The molecule has 0 rings (SSSR count). The lowest BCUT2D eigenvalue weighted by Crippen LogP contribution is -2.30. The first-order valence-corrected chi connectivity index (χ1v) is 41.9. The molecule has 0 aromatic carbocycles. The number of aliphatic hydroxyl groups excluding tert-OH is 1. The second-order valence-corrected chi connectivity index (χ2v) is 30.1. The molecule has 0 aliphatic heterocycles. The molecule has 560 valence electrons. The molecule has 0 bridgehead atoms. The standard InChI is InChI=1S/C76H144O17P2/c1-6-9-12-15-17-19-21-23-29-34-37-41-45-50-55-60-74(79)87-66-72(93-76(81)62-57-52-47-43-39-35-31-28-26-25-27-30-32-36-40-44-49-53-58-69(4)5)68-91-95(84,85)89-64-70(77)63-88-94(82,83)90-67-71(65-86-73(78)59-54-48-14-11-8-3)92-75(80)61-56-51-46-42-38-33-24-22-20-18-16-13-10-7-2/h19,21,23,29,69-72,77H,6-18,20,22,24-28,30-68H2,1-5H3,(H,82,83)(H,84,85)/b21-19-,29-23-/t70-,71+,72+/m0/s1. The Hall–Kier alpha value is -2.46. The molecule has 0 aromatic heterocycles. The van der Waals surface area contributed by atoms with E-state index in [1.165, 1.54) is 173 Å². The van der Waals surface area contributed by atoms with Crippen LogP contribution in [0, 0.1) is 5.92 Å². The second-order valence-electron chi connectivity index (χ2n) is 27.2. The summed E-state index contributed by atoms with van der Waals surface area (Å²) in [6, 6.07) is 0. The number of phosphoric ester groups is 2. The van der Waals surface area contributed by atoms with E-state index in [1.807, 2.05) is 0 Å². The van der Waals surface area contributed by atoms with Crippen molar-refractivity contribution in [3.05, 3.63) is 24.3 Å². The third kappa shape index (κ3) is 69.8. The zero-order chi connectivity index (χ0) is 69.8. The Labute approximate surface area is 580 Å². The maximum absolute atomic E-state index is 13.1. The molecule has 0 saturated carbocycles. The van der Waals surface area contributed by atoms with Crippen LogP contribution in [0.15, 0.2) is 24.3 Å². The minimum absolute atomic E-state index is 0.102. The number of esters is 4. The Balaban J connectivity index is 5.15. The molecule has 5 atom stereocenters. The largest absolute Gasteiger partial charge is 0.472 e. The Morgan fingerprint density at radius 3 is 0.863 bits per heavy atom. The fraction of sp³-hybridized carbons (Fsp3) is 0.895. The van der Waals surface area contributed by atoms with Crippen molar-refractivity contribution in [2.75, 3.05) is 39.6 Å². The summed E-state index contributed by atoms with van der Waals surface area (Å²) >= 11 is 0. The SMILES string of the molecule is CCCCCC/C=C\C=C/CCCCCCCC(=O)OC[C@H](COP(=O)(O)OC[C@@H](O)COP(=O)(O)OC[C@@H](COC(=O)CCCCCCC)OC(=O)CCCCCCCCCCCCCCCC)OC(=O)CCCCCCCCCCCCCCCCCCCCC(C)C. The number of carbonyl (C=O) groups is 4. The normalized spacial score (nSPS) is 14.1. The smallest absolute Gasteiger partial charge is 0.462 e. The lowest BCUT2D eigenvalue weighted by atomic mass is 10.0. The highest BCUT2D eigenvalue weighted by Gasteiger charge is 2.30.